The number of hydrogen-bond donors (Lipinski definition) is 0. The van der Waals surface area contributed by atoms with Crippen LogP contribution in [0.1, 0.15) is 33.1 Å². The van der Waals surface area contributed by atoms with Crippen LogP contribution < -0.4 is 0 Å². The Morgan fingerprint density at radius 3 is 2.70 bits per heavy atom. The summed E-state index contributed by atoms with van der Waals surface area (Å²) in [4.78, 5) is 0. The maximum atomic E-state index is 12.8. The van der Waals surface area contributed by atoms with Gasteiger partial charge < -0.3 is 0 Å². The molecule has 0 aromatic rings. The molecule has 0 bridgehead atoms. The highest BCUT2D eigenvalue weighted by Crippen LogP contribution is 2.32. The van der Waals surface area contributed by atoms with Crippen LogP contribution in [0.15, 0.2) is 0 Å². The van der Waals surface area contributed by atoms with Gasteiger partial charge in [-0.2, -0.15) is 28.8 Å². The first-order valence-electron chi connectivity index (χ1n) is 7.30. The first-order chi connectivity index (χ1) is 9.35. The average Bonchev–Trinajstić information content (AvgIpc) is 2.60. The number of thioether (sulfide) groups is 1. The van der Waals surface area contributed by atoms with E-state index in [1.54, 1.807) is 8.61 Å². The maximum absolute atomic E-state index is 12.8. The minimum atomic E-state index is -3.31. The van der Waals surface area contributed by atoms with Crippen molar-refractivity contribution in [1.82, 2.24) is 8.61 Å². The summed E-state index contributed by atoms with van der Waals surface area (Å²) in [6.45, 7) is 6.86. The van der Waals surface area contributed by atoms with Gasteiger partial charge in [-0.1, -0.05) is 13.8 Å². The quantitative estimate of drug-likeness (QED) is 0.741. The van der Waals surface area contributed by atoms with Gasteiger partial charge >= 0.3 is 0 Å². The number of piperidine rings is 1. The molecule has 118 valence electrons. The van der Waals surface area contributed by atoms with Crippen LogP contribution in [0.4, 0.5) is 0 Å². The van der Waals surface area contributed by atoms with Crippen LogP contribution in [-0.2, 0) is 10.2 Å². The molecule has 2 fully saturated rings. The van der Waals surface area contributed by atoms with Crippen molar-refractivity contribution in [1.29, 1.82) is 0 Å². The second-order valence-electron chi connectivity index (χ2n) is 6.29. The molecule has 0 aromatic carbocycles. The van der Waals surface area contributed by atoms with E-state index < -0.39 is 10.2 Å². The summed E-state index contributed by atoms with van der Waals surface area (Å²) < 4.78 is 29.0. The number of alkyl halides is 1. The summed E-state index contributed by atoms with van der Waals surface area (Å²) in [7, 11) is -3.31. The van der Waals surface area contributed by atoms with Gasteiger partial charge in [0.2, 0.25) is 0 Å². The topological polar surface area (TPSA) is 40.6 Å². The van der Waals surface area contributed by atoms with Gasteiger partial charge in [-0.25, -0.2) is 0 Å². The van der Waals surface area contributed by atoms with E-state index in [-0.39, 0.29) is 4.75 Å². The monoisotopic (exact) mass is 340 g/mol. The normalized spacial score (nSPS) is 30.1. The molecule has 2 heterocycles. The zero-order valence-electron chi connectivity index (χ0n) is 12.3. The summed E-state index contributed by atoms with van der Waals surface area (Å²) in [6, 6.07) is 0. The molecule has 2 saturated heterocycles. The fourth-order valence-electron chi connectivity index (χ4n) is 2.76. The lowest BCUT2D eigenvalue weighted by Gasteiger charge is -2.34. The zero-order valence-corrected chi connectivity index (χ0v) is 14.7. The van der Waals surface area contributed by atoms with E-state index in [2.05, 4.69) is 13.8 Å². The van der Waals surface area contributed by atoms with E-state index in [1.807, 2.05) is 11.8 Å². The van der Waals surface area contributed by atoms with E-state index in [0.29, 0.717) is 38.0 Å². The maximum Gasteiger partial charge on any atom is 0.282 e. The smallest absolute Gasteiger partial charge is 0.195 e. The SMILES string of the molecule is CC1(C)CCN(S(=O)(=O)N2CCCC(CCl)C2)CCS1. The highest BCUT2D eigenvalue weighted by atomic mass is 35.5. The fourth-order valence-corrected chi connectivity index (χ4v) is 5.96. The Kier molecular flexibility index (Phi) is 5.68. The Morgan fingerprint density at radius 2 is 2.00 bits per heavy atom. The standard InChI is InChI=1S/C13H25ClN2O2S2/c1-13(2)5-7-15(8-9-19-13)20(17,18)16-6-3-4-12(10-14)11-16/h12H,3-11H2,1-2H3. The molecule has 2 rings (SSSR count). The third-order valence-electron chi connectivity index (χ3n) is 4.15. The van der Waals surface area contributed by atoms with Crippen molar-refractivity contribution in [3.8, 4) is 0 Å². The van der Waals surface area contributed by atoms with Crippen LogP contribution in [0.5, 0.6) is 0 Å². The van der Waals surface area contributed by atoms with Crippen LogP contribution in [0, 0.1) is 5.92 Å². The summed E-state index contributed by atoms with van der Waals surface area (Å²) in [5, 5.41) is 0. The van der Waals surface area contributed by atoms with Gasteiger partial charge in [0.25, 0.3) is 10.2 Å². The molecule has 1 unspecified atom stereocenters. The third-order valence-corrected chi connectivity index (χ3v) is 7.96. The van der Waals surface area contributed by atoms with Crippen LogP contribution >= 0.6 is 23.4 Å². The van der Waals surface area contributed by atoms with Crippen LogP contribution in [0.25, 0.3) is 0 Å². The van der Waals surface area contributed by atoms with E-state index in [9.17, 15) is 8.42 Å². The second kappa shape index (κ2) is 6.73. The molecule has 0 N–H and O–H groups in total. The molecule has 7 heteroatoms. The van der Waals surface area contributed by atoms with Crippen LogP contribution in [-0.4, -0.2) is 59.6 Å². The average molecular weight is 341 g/mol. The van der Waals surface area contributed by atoms with Crippen molar-refractivity contribution >= 4 is 33.6 Å². The van der Waals surface area contributed by atoms with Crippen LogP contribution in [0.3, 0.4) is 0 Å². The van der Waals surface area contributed by atoms with Crippen molar-refractivity contribution in [2.24, 2.45) is 5.92 Å². The van der Waals surface area contributed by atoms with Gasteiger partial charge in [0, 0.05) is 42.6 Å². The first-order valence-corrected chi connectivity index (χ1v) is 10.2. The van der Waals surface area contributed by atoms with E-state index in [4.69, 9.17) is 11.6 Å². The molecule has 20 heavy (non-hydrogen) atoms. The lowest BCUT2D eigenvalue weighted by Crippen LogP contribution is -2.49. The molecule has 0 amide bonds. The van der Waals surface area contributed by atoms with Crippen molar-refractivity contribution in [3.63, 3.8) is 0 Å². The molecule has 0 radical (unpaired) electrons. The van der Waals surface area contributed by atoms with Crippen LogP contribution in [0.2, 0.25) is 0 Å². The van der Waals surface area contributed by atoms with Gasteiger partial charge in [0.1, 0.15) is 0 Å². The van der Waals surface area contributed by atoms with E-state index in [0.717, 1.165) is 25.0 Å². The fraction of sp³-hybridized carbons (Fsp3) is 1.00. The van der Waals surface area contributed by atoms with Crippen molar-refractivity contribution in [2.75, 3.05) is 37.8 Å². The first kappa shape index (κ1) is 16.9. The molecule has 2 aliphatic rings. The lowest BCUT2D eigenvalue weighted by atomic mass is 10.0. The minimum absolute atomic E-state index is 0.171. The molecular weight excluding hydrogens is 316 g/mol. The summed E-state index contributed by atoms with van der Waals surface area (Å²) in [5.74, 6) is 1.73. The predicted octanol–water partition coefficient (Wildman–Crippen LogP) is 2.40. The van der Waals surface area contributed by atoms with E-state index >= 15 is 0 Å². The third kappa shape index (κ3) is 4.03. The van der Waals surface area contributed by atoms with Crippen molar-refractivity contribution in [3.05, 3.63) is 0 Å². The molecule has 0 aliphatic carbocycles. The molecule has 1 atom stereocenters. The lowest BCUT2D eigenvalue weighted by molar-refractivity contribution is 0.260. The summed E-state index contributed by atoms with van der Waals surface area (Å²) in [5.41, 5.74) is 0. The van der Waals surface area contributed by atoms with Crippen molar-refractivity contribution < 1.29 is 8.42 Å². The number of rotatable bonds is 3. The van der Waals surface area contributed by atoms with Gasteiger partial charge in [0.15, 0.2) is 0 Å². The highest BCUT2D eigenvalue weighted by molar-refractivity contribution is 8.00. The Morgan fingerprint density at radius 1 is 1.25 bits per heavy atom. The Hall–Kier alpha value is 0.510. The van der Waals surface area contributed by atoms with Gasteiger partial charge in [-0.15, -0.1) is 11.6 Å². The molecule has 0 saturated carbocycles. The second-order valence-corrected chi connectivity index (χ2v) is 10.3. The molecule has 2 aliphatic heterocycles. The minimum Gasteiger partial charge on any atom is -0.195 e. The van der Waals surface area contributed by atoms with Crippen molar-refractivity contribution in [2.45, 2.75) is 37.9 Å². The summed E-state index contributed by atoms with van der Waals surface area (Å²) in [6.07, 6.45) is 2.87. The van der Waals surface area contributed by atoms with Gasteiger partial charge in [-0.05, 0) is 25.2 Å². The zero-order chi connectivity index (χ0) is 14.8. The van der Waals surface area contributed by atoms with Gasteiger partial charge in [0.05, 0.1) is 0 Å². The van der Waals surface area contributed by atoms with Gasteiger partial charge in [-0.3, -0.25) is 0 Å². The molecule has 4 nitrogen and oxygen atoms in total. The number of nitrogens with zero attached hydrogens (tertiary/aromatic N) is 2. The number of halogens is 1. The Bertz CT molecular complexity index is 428. The highest BCUT2D eigenvalue weighted by Gasteiger charge is 2.35. The van der Waals surface area contributed by atoms with E-state index in [1.165, 1.54) is 0 Å². The predicted molar refractivity (Wildman–Crippen MR) is 86.7 cm³/mol. The largest absolute Gasteiger partial charge is 0.282 e. The Labute approximate surface area is 132 Å². The molecule has 0 aromatic heterocycles. The Balaban J connectivity index is 2.05. The summed E-state index contributed by atoms with van der Waals surface area (Å²) >= 11 is 7.77. The number of hydrogen-bond acceptors (Lipinski definition) is 3. The molecule has 0 spiro atoms. The molecular formula is C13H25ClN2O2S2.